The Kier molecular flexibility index (Phi) is 5.84. The average molecular weight is 324 g/mol. The van der Waals surface area contributed by atoms with Crippen molar-refractivity contribution in [2.45, 2.75) is 26.3 Å². The van der Waals surface area contributed by atoms with Crippen LogP contribution in [0.4, 0.5) is 5.69 Å². The number of carbonyl (C=O) groups excluding carboxylic acids is 1. The van der Waals surface area contributed by atoms with E-state index in [-0.39, 0.29) is 11.9 Å². The van der Waals surface area contributed by atoms with Gasteiger partial charge in [-0.15, -0.1) is 0 Å². The lowest BCUT2D eigenvalue weighted by atomic mass is 10.1. The van der Waals surface area contributed by atoms with Crippen LogP contribution in [-0.2, 0) is 4.79 Å². The molecule has 1 fully saturated rings. The Balaban J connectivity index is 1.94. The first-order valence-electron chi connectivity index (χ1n) is 7.83. The van der Waals surface area contributed by atoms with Gasteiger partial charge in [0.1, 0.15) is 0 Å². The van der Waals surface area contributed by atoms with Crippen molar-refractivity contribution in [1.29, 1.82) is 0 Å². The van der Waals surface area contributed by atoms with Crippen LogP contribution in [0, 0.1) is 12.8 Å². The summed E-state index contributed by atoms with van der Waals surface area (Å²) in [6, 6.07) is 5.47. The molecule has 0 radical (unpaired) electrons. The highest BCUT2D eigenvalue weighted by molar-refractivity contribution is 6.31. The van der Waals surface area contributed by atoms with Crippen molar-refractivity contribution in [2.24, 2.45) is 5.92 Å². The Bertz CT molecular complexity index is 533. The van der Waals surface area contributed by atoms with Crippen molar-refractivity contribution >= 4 is 23.2 Å². The highest BCUT2D eigenvalue weighted by Gasteiger charge is 2.29. The van der Waals surface area contributed by atoms with Gasteiger partial charge in [0.15, 0.2) is 0 Å². The lowest BCUT2D eigenvalue weighted by molar-refractivity contribution is -0.120. The first-order valence-corrected chi connectivity index (χ1v) is 8.21. The minimum atomic E-state index is -0.120. The zero-order valence-corrected chi connectivity index (χ0v) is 14.7. The summed E-state index contributed by atoms with van der Waals surface area (Å²) in [7, 11) is 4.20. The molecule has 2 rings (SSSR count). The van der Waals surface area contributed by atoms with E-state index in [2.05, 4.69) is 29.2 Å². The molecule has 1 aliphatic heterocycles. The van der Waals surface area contributed by atoms with E-state index in [1.54, 1.807) is 0 Å². The van der Waals surface area contributed by atoms with Crippen LogP contribution < -0.4 is 5.32 Å². The predicted octanol–water partition coefficient (Wildman–Crippen LogP) is 2.86. The second kappa shape index (κ2) is 7.44. The molecule has 0 saturated carbocycles. The van der Waals surface area contributed by atoms with Gasteiger partial charge in [-0.3, -0.25) is 9.69 Å². The first kappa shape index (κ1) is 17.3. The molecule has 22 heavy (non-hydrogen) atoms. The number of amides is 1. The molecule has 1 aromatic carbocycles. The van der Waals surface area contributed by atoms with Gasteiger partial charge in [-0.25, -0.2) is 0 Å². The molecule has 5 heteroatoms. The molecule has 0 spiro atoms. The zero-order valence-electron chi connectivity index (χ0n) is 13.9. The molecule has 0 aromatic heterocycles. The summed E-state index contributed by atoms with van der Waals surface area (Å²) in [5.41, 5.74) is 1.71. The van der Waals surface area contributed by atoms with Crippen molar-refractivity contribution in [2.75, 3.05) is 39.0 Å². The monoisotopic (exact) mass is 323 g/mol. The number of benzene rings is 1. The van der Waals surface area contributed by atoms with Gasteiger partial charge in [-0.2, -0.15) is 0 Å². The zero-order chi connectivity index (χ0) is 16.3. The van der Waals surface area contributed by atoms with Gasteiger partial charge in [0, 0.05) is 23.8 Å². The summed E-state index contributed by atoms with van der Waals surface area (Å²) >= 11 is 6.11. The molecule has 1 aliphatic rings. The van der Waals surface area contributed by atoms with E-state index in [0.29, 0.717) is 10.9 Å². The van der Waals surface area contributed by atoms with Crippen molar-refractivity contribution in [3.8, 4) is 0 Å². The van der Waals surface area contributed by atoms with Crippen LogP contribution in [0.1, 0.15) is 18.9 Å². The number of anilines is 1. The highest BCUT2D eigenvalue weighted by Crippen LogP contribution is 2.24. The van der Waals surface area contributed by atoms with Crippen LogP contribution in [0.3, 0.4) is 0 Å². The Morgan fingerprint density at radius 2 is 2.23 bits per heavy atom. The Morgan fingerprint density at radius 1 is 1.50 bits per heavy atom. The van der Waals surface area contributed by atoms with E-state index in [0.717, 1.165) is 37.3 Å². The third-order valence-corrected chi connectivity index (χ3v) is 4.80. The maximum absolute atomic E-state index is 12.5. The quantitative estimate of drug-likeness (QED) is 0.905. The minimum absolute atomic E-state index is 0.0378. The molecule has 2 atom stereocenters. The largest absolute Gasteiger partial charge is 0.324 e. The lowest BCUT2D eigenvalue weighted by Gasteiger charge is -2.24. The molecule has 2 unspecified atom stereocenters. The second-order valence-electron chi connectivity index (χ2n) is 6.49. The van der Waals surface area contributed by atoms with Crippen LogP contribution in [0.5, 0.6) is 0 Å². The number of hydrogen-bond acceptors (Lipinski definition) is 3. The summed E-state index contributed by atoms with van der Waals surface area (Å²) in [5.74, 6) is 0.689. The topological polar surface area (TPSA) is 35.6 Å². The van der Waals surface area contributed by atoms with E-state index in [4.69, 9.17) is 11.6 Å². The number of halogens is 1. The van der Waals surface area contributed by atoms with Gasteiger partial charge in [0.25, 0.3) is 0 Å². The number of nitrogens with zero attached hydrogens (tertiary/aromatic N) is 2. The molecule has 1 heterocycles. The normalized spacial score (nSPS) is 20.4. The second-order valence-corrected chi connectivity index (χ2v) is 6.90. The SMILES string of the molecule is Cc1c(Cl)cccc1NC(=O)C(C)N1CCC(CN(C)C)C1. The molecular weight excluding hydrogens is 298 g/mol. The van der Waals surface area contributed by atoms with Crippen LogP contribution in [0.25, 0.3) is 0 Å². The predicted molar refractivity (Wildman–Crippen MR) is 92.5 cm³/mol. The number of rotatable bonds is 5. The number of hydrogen-bond donors (Lipinski definition) is 1. The number of carbonyl (C=O) groups is 1. The fraction of sp³-hybridized carbons (Fsp3) is 0.588. The van der Waals surface area contributed by atoms with Gasteiger partial charge in [0.2, 0.25) is 5.91 Å². The third kappa shape index (κ3) is 4.22. The molecular formula is C17H26ClN3O. The lowest BCUT2D eigenvalue weighted by Crippen LogP contribution is -2.41. The van der Waals surface area contributed by atoms with Gasteiger partial charge in [0.05, 0.1) is 6.04 Å². The maximum atomic E-state index is 12.5. The van der Waals surface area contributed by atoms with Crippen molar-refractivity contribution in [3.05, 3.63) is 28.8 Å². The highest BCUT2D eigenvalue weighted by atomic mass is 35.5. The summed E-state index contributed by atoms with van der Waals surface area (Å²) < 4.78 is 0. The van der Waals surface area contributed by atoms with Gasteiger partial charge in [-0.1, -0.05) is 17.7 Å². The van der Waals surface area contributed by atoms with Crippen molar-refractivity contribution in [3.63, 3.8) is 0 Å². The van der Waals surface area contributed by atoms with Crippen LogP contribution in [0.2, 0.25) is 5.02 Å². The molecule has 0 aliphatic carbocycles. The molecule has 1 N–H and O–H groups in total. The number of likely N-dealkylation sites (tertiary alicyclic amines) is 1. The van der Waals surface area contributed by atoms with Crippen molar-refractivity contribution in [1.82, 2.24) is 9.80 Å². The summed E-state index contributed by atoms with van der Waals surface area (Å²) in [4.78, 5) is 17.0. The average Bonchev–Trinajstić information content (AvgIpc) is 2.90. The van der Waals surface area contributed by atoms with Crippen LogP contribution >= 0.6 is 11.6 Å². The first-order chi connectivity index (χ1) is 10.4. The van der Waals surface area contributed by atoms with Crippen molar-refractivity contribution < 1.29 is 4.79 Å². The van der Waals surface area contributed by atoms with E-state index in [1.807, 2.05) is 32.0 Å². The minimum Gasteiger partial charge on any atom is -0.324 e. The van der Waals surface area contributed by atoms with E-state index < -0.39 is 0 Å². The molecule has 0 bridgehead atoms. The fourth-order valence-electron chi connectivity index (χ4n) is 3.03. The van der Waals surface area contributed by atoms with Gasteiger partial charge < -0.3 is 10.2 Å². The Labute approximate surface area is 138 Å². The van der Waals surface area contributed by atoms with Crippen LogP contribution in [-0.4, -0.2) is 55.5 Å². The van der Waals surface area contributed by atoms with E-state index >= 15 is 0 Å². The number of nitrogens with one attached hydrogen (secondary N) is 1. The Morgan fingerprint density at radius 3 is 2.91 bits per heavy atom. The molecule has 1 saturated heterocycles. The van der Waals surface area contributed by atoms with E-state index in [1.165, 1.54) is 0 Å². The van der Waals surface area contributed by atoms with Gasteiger partial charge in [-0.05, 0) is 64.5 Å². The van der Waals surface area contributed by atoms with Crippen LogP contribution in [0.15, 0.2) is 18.2 Å². The molecule has 1 aromatic rings. The molecule has 4 nitrogen and oxygen atoms in total. The van der Waals surface area contributed by atoms with E-state index in [9.17, 15) is 4.79 Å². The fourth-order valence-corrected chi connectivity index (χ4v) is 3.20. The molecule has 122 valence electrons. The molecule has 1 amide bonds. The van der Waals surface area contributed by atoms with Gasteiger partial charge >= 0.3 is 0 Å². The standard InChI is InChI=1S/C17H26ClN3O/c1-12-15(18)6-5-7-16(12)19-17(22)13(2)21-9-8-14(11-21)10-20(3)4/h5-7,13-14H,8-11H2,1-4H3,(H,19,22). The summed E-state index contributed by atoms with van der Waals surface area (Å²) in [6.45, 7) is 6.96. The third-order valence-electron chi connectivity index (χ3n) is 4.39. The smallest absolute Gasteiger partial charge is 0.241 e. The summed E-state index contributed by atoms with van der Waals surface area (Å²) in [5, 5.41) is 3.69. The summed E-state index contributed by atoms with van der Waals surface area (Å²) in [6.07, 6.45) is 1.16. The maximum Gasteiger partial charge on any atom is 0.241 e. The Hall–Kier alpha value is -1.10.